The van der Waals surface area contributed by atoms with E-state index in [0.29, 0.717) is 51.3 Å². The first-order valence-corrected chi connectivity index (χ1v) is 16.2. The Balaban J connectivity index is 1.45. The third-order valence-electron chi connectivity index (χ3n) is 7.43. The van der Waals surface area contributed by atoms with Crippen molar-refractivity contribution in [3.8, 4) is 11.5 Å². The van der Waals surface area contributed by atoms with Gasteiger partial charge in [0.2, 0.25) is 11.1 Å². The molecule has 1 aromatic heterocycles. The average Bonchev–Trinajstić information content (AvgIpc) is 3.40. The van der Waals surface area contributed by atoms with Gasteiger partial charge in [-0.3, -0.25) is 0 Å². The number of carbonyl (C=O) groups is 1. The highest BCUT2D eigenvalue weighted by atomic mass is 35.5. The first-order chi connectivity index (χ1) is 21.4. The number of nitrogens with one attached hydrogen (secondary N) is 1. The molecule has 3 aromatic carbocycles. The van der Waals surface area contributed by atoms with E-state index in [1.807, 2.05) is 63.2 Å². The summed E-state index contributed by atoms with van der Waals surface area (Å²) in [7, 11) is 1.60. The van der Waals surface area contributed by atoms with Gasteiger partial charge < -0.3 is 19.5 Å². The van der Waals surface area contributed by atoms with Crippen molar-refractivity contribution >= 4 is 35.3 Å². The number of methoxy groups -OCH3 is 1. The minimum absolute atomic E-state index is 0.0827. The zero-order chi connectivity index (χ0) is 32.3. The summed E-state index contributed by atoms with van der Waals surface area (Å²) in [5, 5.41) is 9.33. The number of thioether (sulfide) groups is 1. The summed E-state index contributed by atoms with van der Waals surface area (Å²) in [6.45, 7) is 12.5. The molecule has 4 aromatic rings. The molecule has 45 heavy (non-hydrogen) atoms. The highest BCUT2D eigenvalue weighted by Gasteiger charge is 2.36. The molecule has 0 radical (unpaired) electrons. The molecular formula is C35H39ClN4O4S. The number of aromatic nitrogens is 3. The van der Waals surface area contributed by atoms with E-state index in [2.05, 4.69) is 50.4 Å². The minimum atomic E-state index is -0.609. The largest absolute Gasteiger partial charge is 0.493 e. The fourth-order valence-electron chi connectivity index (χ4n) is 5.04. The van der Waals surface area contributed by atoms with Crippen molar-refractivity contribution in [2.75, 3.05) is 12.4 Å². The van der Waals surface area contributed by atoms with Gasteiger partial charge in [-0.25, -0.2) is 9.48 Å². The maximum atomic E-state index is 13.5. The van der Waals surface area contributed by atoms with Crippen LogP contribution >= 0.6 is 23.4 Å². The zero-order valence-corrected chi connectivity index (χ0v) is 28.3. The average molecular weight is 647 g/mol. The highest BCUT2D eigenvalue weighted by molar-refractivity contribution is 7.98. The number of anilines is 1. The van der Waals surface area contributed by atoms with Crippen LogP contribution in [-0.2, 0) is 27.3 Å². The molecule has 1 aliphatic heterocycles. The summed E-state index contributed by atoms with van der Waals surface area (Å²) in [4.78, 5) is 18.2. The number of ether oxygens (including phenoxy) is 3. The van der Waals surface area contributed by atoms with Crippen LogP contribution in [0.4, 0.5) is 5.95 Å². The van der Waals surface area contributed by atoms with Crippen LogP contribution in [0, 0.1) is 0 Å². The molecule has 0 saturated carbocycles. The Morgan fingerprint density at radius 2 is 1.80 bits per heavy atom. The predicted octanol–water partition coefficient (Wildman–Crippen LogP) is 8.35. The number of fused-ring (bicyclic) bond motifs is 1. The second-order valence-corrected chi connectivity index (χ2v) is 13.6. The molecule has 236 valence electrons. The fraction of sp³-hybridized carbons (Fsp3) is 0.343. The monoisotopic (exact) mass is 646 g/mol. The number of carbonyl (C=O) groups excluding carboxylic acids is 1. The van der Waals surface area contributed by atoms with E-state index in [0.717, 1.165) is 16.7 Å². The van der Waals surface area contributed by atoms with Gasteiger partial charge in [-0.15, -0.1) is 5.10 Å². The molecule has 1 unspecified atom stereocenters. The lowest BCUT2D eigenvalue weighted by molar-refractivity contribution is -0.143. The quantitative estimate of drug-likeness (QED) is 0.136. The number of hydrogen-bond donors (Lipinski definition) is 1. The number of allylic oxidation sites excluding steroid dienone is 1. The molecule has 1 N–H and O–H groups in total. The van der Waals surface area contributed by atoms with Gasteiger partial charge in [0.1, 0.15) is 12.6 Å². The lowest BCUT2D eigenvalue weighted by Crippen LogP contribution is -2.30. The SMILES string of the molecule is COc1cc(C2C(C(=O)OC(C)C)=C(C)Nc3nc(SCc4ccccc4Cl)nn32)ccc1OCc1ccc(C(C)(C)C)cc1. The Morgan fingerprint density at radius 3 is 2.47 bits per heavy atom. The van der Waals surface area contributed by atoms with Crippen LogP contribution in [0.25, 0.3) is 0 Å². The van der Waals surface area contributed by atoms with E-state index in [1.165, 1.54) is 17.3 Å². The van der Waals surface area contributed by atoms with Gasteiger partial charge in [0.05, 0.1) is 18.8 Å². The molecular weight excluding hydrogens is 608 g/mol. The summed E-state index contributed by atoms with van der Waals surface area (Å²) in [5.41, 5.74) is 5.26. The molecule has 0 saturated heterocycles. The normalized spacial score (nSPS) is 14.6. The van der Waals surface area contributed by atoms with Gasteiger partial charge in [0.25, 0.3) is 0 Å². The van der Waals surface area contributed by atoms with Crippen molar-refractivity contribution < 1.29 is 19.0 Å². The van der Waals surface area contributed by atoms with Crippen LogP contribution < -0.4 is 14.8 Å². The van der Waals surface area contributed by atoms with Gasteiger partial charge in [-0.2, -0.15) is 4.98 Å². The Morgan fingerprint density at radius 1 is 1.07 bits per heavy atom. The van der Waals surface area contributed by atoms with Gasteiger partial charge in [-0.1, -0.05) is 92.7 Å². The molecule has 5 rings (SSSR count). The second-order valence-electron chi connectivity index (χ2n) is 12.2. The van der Waals surface area contributed by atoms with Crippen molar-refractivity contribution in [2.24, 2.45) is 0 Å². The number of halogens is 1. The Hall–Kier alpha value is -3.95. The molecule has 0 fully saturated rings. The number of rotatable bonds is 10. The Kier molecular flexibility index (Phi) is 9.79. The van der Waals surface area contributed by atoms with E-state index in [1.54, 1.807) is 11.8 Å². The third-order valence-corrected chi connectivity index (χ3v) is 8.68. The van der Waals surface area contributed by atoms with Crippen LogP contribution in [0.5, 0.6) is 11.5 Å². The maximum absolute atomic E-state index is 13.5. The highest BCUT2D eigenvalue weighted by Crippen LogP contribution is 2.40. The maximum Gasteiger partial charge on any atom is 0.338 e. The standard InChI is InChI=1S/C35H39ClN4O4S/c1-21(2)44-32(41)30-22(3)37-33-38-34(45-20-25-10-8-9-11-27(25)36)39-40(33)31(30)24-14-17-28(29(18-24)42-7)43-19-23-12-15-26(16-13-23)35(4,5)6/h8-18,21,31H,19-20H2,1-7H3,(H,37,38,39). The predicted molar refractivity (Wildman–Crippen MR) is 179 cm³/mol. The third kappa shape index (κ3) is 7.48. The Labute approximate surface area is 274 Å². The fourth-order valence-corrected chi connectivity index (χ4v) is 6.15. The zero-order valence-electron chi connectivity index (χ0n) is 26.7. The van der Waals surface area contributed by atoms with Gasteiger partial charge in [-0.05, 0) is 66.6 Å². The first kappa shape index (κ1) is 32.4. The van der Waals surface area contributed by atoms with Gasteiger partial charge in [0.15, 0.2) is 11.5 Å². The van der Waals surface area contributed by atoms with Crippen LogP contribution in [0.2, 0.25) is 5.02 Å². The number of hydrogen-bond acceptors (Lipinski definition) is 8. The lowest BCUT2D eigenvalue weighted by Gasteiger charge is -2.29. The van der Waals surface area contributed by atoms with Crippen molar-refractivity contribution in [3.05, 3.63) is 105 Å². The molecule has 0 spiro atoms. The number of benzene rings is 3. The lowest BCUT2D eigenvalue weighted by atomic mass is 9.87. The molecule has 0 bridgehead atoms. The Bertz CT molecular complexity index is 1710. The molecule has 1 aliphatic rings. The van der Waals surface area contributed by atoms with E-state index >= 15 is 0 Å². The number of esters is 1. The van der Waals surface area contributed by atoms with E-state index in [4.69, 9.17) is 35.9 Å². The summed E-state index contributed by atoms with van der Waals surface area (Å²) >= 11 is 7.85. The molecule has 1 atom stereocenters. The summed E-state index contributed by atoms with van der Waals surface area (Å²) in [6.07, 6.45) is -0.292. The van der Waals surface area contributed by atoms with Crippen molar-refractivity contribution in [1.29, 1.82) is 0 Å². The molecule has 10 heteroatoms. The summed E-state index contributed by atoms with van der Waals surface area (Å²) < 4.78 is 19.4. The first-order valence-electron chi connectivity index (χ1n) is 14.9. The van der Waals surface area contributed by atoms with E-state index < -0.39 is 12.0 Å². The van der Waals surface area contributed by atoms with Gasteiger partial charge >= 0.3 is 5.97 Å². The van der Waals surface area contributed by atoms with Gasteiger partial charge in [0, 0.05) is 16.5 Å². The molecule has 0 aliphatic carbocycles. The van der Waals surface area contributed by atoms with Crippen LogP contribution in [0.15, 0.2) is 83.2 Å². The molecule has 0 amide bonds. The van der Waals surface area contributed by atoms with Crippen LogP contribution in [0.1, 0.15) is 69.8 Å². The van der Waals surface area contributed by atoms with Crippen molar-refractivity contribution in [2.45, 2.75) is 76.6 Å². The van der Waals surface area contributed by atoms with E-state index in [9.17, 15) is 4.79 Å². The smallest absolute Gasteiger partial charge is 0.338 e. The molecule has 2 heterocycles. The van der Waals surface area contributed by atoms with Crippen LogP contribution in [0.3, 0.4) is 0 Å². The topological polar surface area (TPSA) is 87.5 Å². The van der Waals surface area contributed by atoms with Crippen molar-refractivity contribution in [3.63, 3.8) is 0 Å². The molecule has 8 nitrogen and oxygen atoms in total. The summed E-state index contributed by atoms with van der Waals surface area (Å²) in [6, 6.07) is 21.2. The summed E-state index contributed by atoms with van der Waals surface area (Å²) in [5.74, 6) is 1.84. The van der Waals surface area contributed by atoms with Crippen molar-refractivity contribution in [1.82, 2.24) is 14.8 Å². The number of nitrogens with zero attached hydrogens (tertiary/aromatic N) is 3. The second kappa shape index (κ2) is 13.6. The van der Waals surface area contributed by atoms with E-state index in [-0.39, 0.29) is 11.5 Å². The minimum Gasteiger partial charge on any atom is -0.493 e. The van der Waals surface area contributed by atoms with Crippen LogP contribution in [-0.4, -0.2) is 33.9 Å².